The average Bonchev–Trinajstić information content (AvgIpc) is 2.52. The van der Waals surface area contributed by atoms with Crippen LogP contribution in [0.2, 0.25) is 0 Å². The summed E-state index contributed by atoms with van der Waals surface area (Å²) in [4.78, 5) is 11.5. The fourth-order valence-electron chi connectivity index (χ4n) is 2.81. The number of hydrogen-bond donors (Lipinski definition) is 1. The zero-order chi connectivity index (χ0) is 9.71. The van der Waals surface area contributed by atoms with Gasteiger partial charge in [-0.05, 0) is 18.4 Å². The third-order valence-electron chi connectivity index (χ3n) is 3.50. The first kappa shape index (κ1) is 8.24. The molecule has 0 amide bonds. The largest absolute Gasteiger partial charge is 0.457 e. The van der Waals surface area contributed by atoms with Crippen LogP contribution in [0.4, 0.5) is 0 Å². The van der Waals surface area contributed by atoms with Crippen molar-refractivity contribution in [1.29, 1.82) is 0 Å². The van der Waals surface area contributed by atoms with E-state index in [4.69, 9.17) is 4.74 Å². The number of ether oxygens (including phenoxy) is 1. The third kappa shape index (κ3) is 0.932. The molecule has 1 heterocycles. The molecule has 0 aromatic rings. The van der Waals surface area contributed by atoms with Gasteiger partial charge in [-0.15, -0.1) is 0 Å². The second kappa shape index (κ2) is 2.70. The highest BCUT2D eigenvalue weighted by Gasteiger charge is 2.50. The Morgan fingerprint density at radius 2 is 2.21 bits per heavy atom. The van der Waals surface area contributed by atoms with Crippen LogP contribution in [0.1, 0.15) is 6.42 Å². The van der Waals surface area contributed by atoms with E-state index in [9.17, 15) is 9.90 Å². The second-order valence-corrected chi connectivity index (χ2v) is 4.21. The monoisotopic (exact) mass is 192 g/mol. The Kier molecular flexibility index (Phi) is 1.59. The molecule has 1 fully saturated rings. The minimum Gasteiger partial charge on any atom is -0.457 e. The van der Waals surface area contributed by atoms with E-state index in [0.29, 0.717) is 0 Å². The van der Waals surface area contributed by atoms with Crippen LogP contribution in [0.5, 0.6) is 0 Å². The fraction of sp³-hybridized carbons (Fsp3) is 0.545. The summed E-state index contributed by atoms with van der Waals surface area (Å²) in [6.45, 7) is 0. The molecule has 2 aliphatic carbocycles. The zero-order valence-corrected chi connectivity index (χ0v) is 7.67. The summed E-state index contributed by atoms with van der Waals surface area (Å²) in [5, 5.41) is 9.77. The van der Waals surface area contributed by atoms with Gasteiger partial charge in [0.15, 0.2) is 0 Å². The summed E-state index contributed by atoms with van der Waals surface area (Å²) in [6, 6.07) is 0. The minimum atomic E-state index is -0.418. The van der Waals surface area contributed by atoms with Crippen molar-refractivity contribution in [3.63, 3.8) is 0 Å². The first-order valence-corrected chi connectivity index (χ1v) is 5.01. The van der Waals surface area contributed by atoms with Gasteiger partial charge >= 0.3 is 5.97 Å². The van der Waals surface area contributed by atoms with Crippen molar-refractivity contribution < 1.29 is 14.6 Å². The zero-order valence-electron chi connectivity index (χ0n) is 7.67. The summed E-state index contributed by atoms with van der Waals surface area (Å²) < 4.78 is 5.24. The molecular formula is C11H12O3. The molecule has 0 radical (unpaired) electrons. The summed E-state index contributed by atoms with van der Waals surface area (Å²) in [7, 11) is 0. The molecule has 1 saturated heterocycles. The van der Waals surface area contributed by atoms with Gasteiger partial charge in [-0.1, -0.05) is 18.2 Å². The Balaban J connectivity index is 2.04. The molecule has 0 bridgehead atoms. The average molecular weight is 192 g/mol. The quantitative estimate of drug-likeness (QED) is 0.453. The van der Waals surface area contributed by atoms with Crippen LogP contribution >= 0.6 is 0 Å². The molecule has 1 N–H and O–H groups in total. The Morgan fingerprint density at radius 3 is 3.07 bits per heavy atom. The van der Waals surface area contributed by atoms with E-state index < -0.39 is 6.10 Å². The number of carbonyl (C=O) groups excluding carboxylic acids is 1. The predicted octanol–water partition coefficient (Wildman–Crippen LogP) is 0.651. The summed E-state index contributed by atoms with van der Waals surface area (Å²) >= 11 is 0. The van der Waals surface area contributed by atoms with Gasteiger partial charge in [0.1, 0.15) is 6.10 Å². The highest BCUT2D eigenvalue weighted by atomic mass is 16.6. The lowest BCUT2D eigenvalue weighted by Crippen LogP contribution is -2.39. The summed E-state index contributed by atoms with van der Waals surface area (Å²) in [5.41, 5.74) is 0. The highest BCUT2D eigenvalue weighted by Crippen LogP contribution is 2.44. The van der Waals surface area contributed by atoms with Crippen molar-refractivity contribution in [2.24, 2.45) is 17.8 Å². The van der Waals surface area contributed by atoms with E-state index in [1.54, 1.807) is 6.08 Å². The van der Waals surface area contributed by atoms with E-state index >= 15 is 0 Å². The smallest absolute Gasteiger partial charge is 0.313 e. The van der Waals surface area contributed by atoms with Gasteiger partial charge in [-0.25, -0.2) is 0 Å². The van der Waals surface area contributed by atoms with Crippen molar-refractivity contribution in [3.8, 4) is 0 Å². The number of carbonyl (C=O) groups is 1. The minimum absolute atomic E-state index is 0.106. The highest BCUT2D eigenvalue weighted by molar-refractivity contribution is 5.78. The van der Waals surface area contributed by atoms with Gasteiger partial charge < -0.3 is 9.84 Å². The third-order valence-corrected chi connectivity index (χ3v) is 3.50. The lowest BCUT2D eigenvalue weighted by molar-refractivity contribution is -0.142. The van der Waals surface area contributed by atoms with Crippen molar-refractivity contribution in [2.45, 2.75) is 18.6 Å². The van der Waals surface area contributed by atoms with E-state index in [-0.39, 0.29) is 29.8 Å². The van der Waals surface area contributed by atoms with E-state index in [2.05, 4.69) is 0 Å². The number of aliphatic hydroxyl groups is 1. The molecular weight excluding hydrogens is 180 g/mol. The molecule has 0 unspecified atom stereocenters. The molecule has 0 saturated carbocycles. The van der Waals surface area contributed by atoms with Gasteiger partial charge in [-0.2, -0.15) is 0 Å². The van der Waals surface area contributed by atoms with Crippen LogP contribution in [0.25, 0.3) is 0 Å². The van der Waals surface area contributed by atoms with E-state index in [0.717, 1.165) is 6.42 Å². The summed E-state index contributed by atoms with van der Waals surface area (Å²) in [5.74, 6) is 0.0528. The van der Waals surface area contributed by atoms with E-state index in [1.165, 1.54) is 0 Å². The lowest BCUT2D eigenvalue weighted by atomic mass is 9.69. The Hall–Kier alpha value is -1.09. The molecule has 3 rings (SSSR count). The number of rotatable bonds is 0. The van der Waals surface area contributed by atoms with Crippen LogP contribution in [0.3, 0.4) is 0 Å². The molecule has 0 aromatic carbocycles. The number of esters is 1. The van der Waals surface area contributed by atoms with Crippen LogP contribution in [-0.4, -0.2) is 23.3 Å². The molecule has 0 spiro atoms. The van der Waals surface area contributed by atoms with Gasteiger partial charge in [0.05, 0.1) is 12.0 Å². The van der Waals surface area contributed by atoms with E-state index in [1.807, 2.05) is 18.2 Å². The van der Waals surface area contributed by atoms with Gasteiger partial charge in [0, 0.05) is 5.92 Å². The molecule has 74 valence electrons. The molecule has 14 heavy (non-hydrogen) atoms. The molecule has 0 aromatic heterocycles. The molecule has 3 aliphatic rings. The maximum Gasteiger partial charge on any atom is 0.313 e. The topological polar surface area (TPSA) is 46.5 Å². The van der Waals surface area contributed by atoms with Crippen molar-refractivity contribution in [2.75, 3.05) is 0 Å². The summed E-state index contributed by atoms with van der Waals surface area (Å²) in [6.07, 6.45) is 7.81. The molecule has 3 heteroatoms. The van der Waals surface area contributed by atoms with Gasteiger partial charge in [0.2, 0.25) is 0 Å². The normalized spacial score (nSPS) is 48.9. The van der Waals surface area contributed by atoms with Crippen LogP contribution in [0.15, 0.2) is 24.3 Å². The number of hydrogen-bond acceptors (Lipinski definition) is 3. The maximum absolute atomic E-state index is 11.5. The SMILES string of the molecule is O=C1O[C@@H]2C=C[C@H](O)[C@@H]3CC=C[C@H]1[C@H]32. The number of allylic oxidation sites excluding steroid dienone is 1. The van der Waals surface area contributed by atoms with Crippen LogP contribution < -0.4 is 0 Å². The standard InChI is InChI=1S/C11H12O3/c12-8-4-5-9-10-6(8)2-1-3-7(10)11(13)14-9/h1,3-10,12H,2H2/t6-,7-,8-,9+,10-/m0/s1. The van der Waals surface area contributed by atoms with Crippen molar-refractivity contribution in [1.82, 2.24) is 0 Å². The molecule has 5 atom stereocenters. The first-order chi connectivity index (χ1) is 6.77. The van der Waals surface area contributed by atoms with Gasteiger partial charge in [0.25, 0.3) is 0 Å². The Labute approximate surface area is 82.1 Å². The molecule has 1 aliphatic heterocycles. The second-order valence-electron chi connectivity index (χ2n) is 4.21. The van der Waals surface area contributed by atoms with Crippen LogP contribution in [-0.2, 0) is 9.53 Å². The molecule has 3 nitrogen and oxygen atoms in total. The predicted molar refractivity (Wildman–Crippen MR) is 49.3 cm³/mol. The Bertz CT molecular complexity index is 331. The van der Waals surface area contributed by atoms with Crippen LogP contribution in [0, 0.1) is 17.8 Å². The van der Waals surface area contributed by atoms with Gasteiger partial charge in [-0.3, -0.25) is 4.79 Å². The lowest BCUT2D eigenvalue weighted by Gasteiger charge is -2.35. The van der Waals surface area contributed by atoms with Crippen molar-refractivity contribution in [3.05, 3.63) is 24.3 Å². The number of aliphatic hydroxyl groups excluding tert-OH is 1. The maximum atomic E-state index is 11.5. The fourth-order valence-corrected chi connectivity index (χ4v) is 2.81. The Morgan fingerprint density at radius 1 is 1.36 bits per heavy atom. The van der Waals surface area contributed by atoms with Crippen molar-refractivity contribution >= 4 is 5.97 Å². The first-order valence-electron chi connectivity index (χ1n) is 5.01.